The molecule has 4 amide bonds. The lowest BCUT2D eigenvalue weighted by molar-refractivity contribution is -0.122. The van der Waals surface area contributed by atoms with Crippen molar-refractivity contribution in [3.63, 3.8) is 0 Å². The summed E-state index contributed by atoms with van der Waals surface area (Å²) in [7, 11) is 0. The van der Waals surface area contributed by atoms with Crippen LogP contribution in [0.1, 0.15) is 60.8 Å². The number of urea groups is 1. The molecule has 8 rings (SSSR count). The van der Waals surface area contributed by atoms with E-state index in [9.17, 15) is 14.4 Å². The van der Waals surface area contributed by atoms with Crippen LogP contribution in [-0.2, 0) is 21.6 Å². The third-order valence-electron chi connectivity index (χ3n) is 9.71. The molecule has 0 radical (unpaired) electrons. The van der Waals surface area contributed by atoms with Crippen LogP contribution in [0.5, 0.6) is 5.75 Å². The summed E-state index contributed by atoms with van der Waals surface area (Å²) in [5, 5.41) is 2.35. The quantitative estimate of drug-likeness (QED) is 0.207. The van der Waals surface area contributed by atoms with Crippen molar-refractivity contribution in [2.75, 3.05) is 4.90 Å². The predicted octanol–water partition coefficient (Wildman–Crippen LogP) is 8.23. The molecule has 5 fully saturated rings. The number of halogens is 2. The zero-order chi connectivity index (χ0) is 29.9. The van der Waals surface area contributed by atoms with Crippen molar-refractivity contribution in [1.82, 2.24) is 5.32 Å². The molecule has 1 saturated heterocycles. The molecule has 1 heterocycles. The van der Waals surface area contributed by atoms with E-state index in [1.807, 2.05) is 43.3 Å². The molecule has 3 aromatic rings. The fraction of sp³-hybridized carbons (Fsp3) is 0.343. The molecule has 0 atom stereocenters. The molecule has 4 aliphatic carbocycles. The average molecular weight is 704 g/mol. The maximum atomic E-state index is 13.6. The number of hydrogen-bond acceptors (Lipinski definition) is 4. The van der Waals surface area contributed by atoms with Gasteiger partial charge in [-0.1, -0.05) is 42.0 Å². The first-order chi connectivity index (χ1) is 20.7. The largest absolute Gasteiger partial charge is 0.487 e. The number of carbonyl (C=O) groups excluding carboxylic acids is 3. The van der Waals surface area contributed by atoms with Gasteiger partial charge in [0, 0.05) is 0 Å². The summed E-state index contributed by atoms with van der Waals surface area (Å²) < 4.78 is 7.37. The van der Waals surface area contributed by atoms with E-state index in [0.717, 1.165) is 28.2 Å². The molecular weight excluding hydrogens is 672 g/mol. The summed E-state index contributed by atoms with van der Waals surface area (Å²) in [5.41, 5.74) is 4.70. The Hall–Kier alpha value is -3.23. The van der Waals surface area contributed by atoms with Crippen LogP contribution in [-0.4, -0.2) is 17.8 Å². The Morgan fingerprint density at radius 2 is 1.47 bits per heavy atom. The van der Waals surface area contributed by atoms with Gasteiger partial charge in [-0.3, -0.25) is 14.9 Å². The van der Waals surface area contributed by atoms with Crippen molar-refractivity contribution in [2.45, 2.75) is 57.5 Å². The zero-order valence-electron chi connectivity index (χ0n) is 23.9. The first-order valence-electron chi connectivity index (χ1n) is 14.9. The van der Waals surface area contributed by atoms with E-state index in [0.29, 0.717) is 32.6 Å². The highest BCUT2D eigenvalue weighted by molar-refractivity contribution is 9.11. The molecule has 0 spiro atoms. The summed E-state index contributed by atoms with van der Waals surface area (Å²) in [5.74, 6) is 1.72. The summed E-state index contributed by atoms with van der Waals surface area (Å²) in [6.45, 7) is 2.42. The van der Waals surface area contributed by atoms with Gasteiger partial charge in [-0.15, -0.1) is 0 Å². The maximum Gasteiger partial charge on any atom is 0.335 e. The molecular formula is C35H32Br2N2O4. The van der Waals surface area contributed by atoms with Gasteiger partial charge in [-0.2, -0.15) is 0 Å². The van der Waals surface area contributed by atoms with Crippen molar-refractivity contribution in [3.8, 4) is 5.75 Å². The molecule has 4 saturated carbocycles. The molecule has 0 aromatic heterocycles. The van der Waals surface area contributed by atoms with Crippen molar-refractivity contribution in [2.24, 2.45) is 17.8 Å². The highest BCUT2D eigenvalue weighted by Gasteiger charge is 2.51. The lowest BCUT2D eigenvalue weighted by Crippen LogP contribution is -2.54. The number of barbiturate groups is 1. The number of benzene rings is 3. The predicted molar refractivity (Wildman–Crippen MR) is 173 cm³/mol. The number of imide groups is 2. The average Bonchev–Trinajstić information content (AvgIpc) is 2.95. The topological polar surface area (TPSA) is 75.7 Å². The minimum absolute atomic E-state index is 0.114. The van der Waals surface area contributed by atoms with Gasteiger partial charge >= 0.3 is 6.03 Å². The maximum absolute atomic E-state index is 13.6. The van der Waals surface area contributed by atoms with Crippen LogP contribution in [0.15, 0.2) is 75.2 Å². The van der Waals surface area contributed by atoms with Crippen LogP contribution in [0.2, 0.25) is 0 Å². The summed E-state index contributed by atoms with van der Waals surface area (Å²) >= 11 is 7.13. The molecule has 220 valence electrons. The lowest BCUT2D eigenvalue weighted by Gasteiger charge is -2.57. The van der Waals surface area contributed by atoms with Gasteiger partial charge < -0.3 is 4.74 Å². The Balaban J connectivity index is 1.11. The zero-order valence-corrected chi connectivity index (χ0v) is 27.0. The summed E-state index contributed by atoms with van der Waals surface area (Å²) in [6, 6.07) is 18.8. The fourth-order valence-electron chi connectivity index (χ4n) is 8.13. The smallest absolute Gasteiger partial charge is 0.335 e. The van der Waals surface area contributed by atoms with Crippen LogP contribution >= 0.6 is 31.9 Å². The number of hydrogen-bond donors (Lipinski definition) is 1. The minimum atomic E-state index is -0.739. The standard InChI is InChI=1S/C35H32Br2N2O4/c1-20-2-4-21(5-3-20)19-43-31-29(36)14-22(15-30(31)37)13-28-32(40)38-34(42)39(33(28)41)27-8-6-26(7-9-27)35-16-23-10-24(17-35)12-25(11-23)18-35/h2-9,13-15,23-25H,10-12,16-19H2,1H3,(H,38,40,42)/b28-13+. The number of rotatable bonds is 6. The summed E-state index contributed by atoms with van der Waals surface area (Å²) in [6.07, 6.45) is 9.34. The van der Waals surface area contributed by atoms with Gasteiger partial charge in [0.2, 0.25) is 0 Å². The van der Waals surface area contributed by atoms with Crippen LogP contribution in [0.25, 0.3) is 6.08 Å². The second-order valence-electron chi connectivity index (χ2n) is 12.8. The first-order valence-corrected chi connectivity index (χ1v) is 16.5. The Morgan fingerprint density at radius 3 is 2.05 bits per heavy atom. The second kappa shape index (κ2) is 11.0. The molecule has 1 N–H and O–H groups in total. The van der Waals surface area contributed by atoms with Crippen LogP contribution in [0.3, 0.4) is 0 Å². The van der Waals surface area contributed by atoms with E-state index in [4.69, 9.17) is 4.74 Å². The van der Waals surface area contributed by atoms with Gasteiger partial charge in [-0.05, 0) is 148 Å². The number of amides is 4. The first kappa shape index (κ1) is 28.5. The highest BCUT2D eigenvalue weighted by Crippen LogP contribution is 2.60. The van der Waals surface area contributed by atoms with Gasteiger partial charge in [0.05, 0.1) is 14.6 Å². The van der Waals surface area contributed by atoms with Crippen molar-refractivity contribution in [3.05, 3.63) is 97.4 Å². The normalized spacial score (nSPS) is 27.1. The lowest BCUT2D eigenvalue weighted by atomic mass is 9.48. The van der Waals surface area contributed by atoms with E-state index in [1.54, 1.807) is 12.1 Å². The van der Waals surface area contributed by atoms with E-state index in [-0.39, 0.29) is 11.0 Å². The van der Waals surface area contributed by atoms with Crippen LogP contribution in [0.4, 0.5) is 10.5 Å². The molecule has 8 heteroatoms. The van der Waals surface area contributed by atoms with Gasteiger partial charge in [0.1, 0.15) is 17.9 Å². The van der Waals surface area contributed by atoms with Gasteiger partial charge in [-0.25, -0.2) is 9.69 Å². The van der Waals surface area contributed by atoms with Crippen LogP contribution in [0, 0.1) is 24.7 Å². The van der Waals surface area contributed by atoms with Gasteiger partial charge in [0.25, 0.3) is 11.8 Å². The third-order valence-corrected chi connectivity index (χ3v) is 10.9. The third kappa shape index (κ3) is 5.37. The molecule has 0 unspecified atom stereocenters. The van der Waals surface area contributed by atoms with E-state index >= 15 is 0 Å². The number of carbonyl (C=O) groups is 3. The van der Waals surface area contributed by atoms with Crippen molar-refractivity contribution in [1.29, 1.82) is 0 Å². The Labute approximate surface area is 268 Å². The van der Waals surface area contributed by atoms with Crippen molar-refractivity contribution < 1.29 is 19.1 Å². The van der Waals surface area contributed by atoms with Gasteiger partial charge in [0.15, 0.2) is 0 Å². The number of anilines is 1. The number of nitrogens with zero attached hydrogens (tertiary/aromatic N) is 1. The highest BCUT2D eigenvalue weighted by atomic mass is 79.9. The van der Waals surface area contributed by atoms with E-state index in [2.05, 4.69) is 49.3 Å². The SMILES string of the molecule is Cc1ccc(COc2c(Br)cc(/C=C3\C(=O)NC(=O)N(c4ccc(C56CC7CC(CC(C7)C5)C6)cc4)C3=O)cc2Br)cc1. The Kier molecular flexibility index (Phi) is 7.33. The van der Waals surface area contributed by atoms with E-state index in [1.165, 1.54) is 55.7 Å². The summed E-state index contributed by atoms with van der Waals surface area (Å²) in [4.78, 5) is 40.4. The Bertz CT molecular complexity index is 1600. The molecule has 4 bridgehead atoms. The molecule has 43 heavy (non-hydrogen) atoms. The Morgan fingerprint density at radius 1 is 0.884 bits per heavy atom. The molecule has 6 nitrogen and oxygen atoms in total. The number of nitrogens with one attached hydrogen (secondary N) is 1. The number of ether oxygens (including phenoxy) is 1. The molecule has 1 aliphatic heterocycles. The molecule has 5 aliphatic rings. The molecule has 3 aromatic carbocycles. The second-order valence-corrected chi connectivity index (χ2v) is 14.5. The monoisotopic (exact) mass is 702 g/mol. The minimum Gasteiger partial charge on any atom is -0.487 e. The number of aryl methyl sites for hydroxylation is 1. The van der Waals surface area contributed by atoms with E-state index < -0.39 is 17.8 Å². The van der Waals surface area contributed by atoms with Crippen LogP contribution < -0.4 is 15.0 Å². The van der Waals surface area contributed by atoms with Crippen molar-refractivity contribution >= 4 is 61.5 Å². The fourth-order valence-corrected chi connectivity index (χ4v) is 9.58.